The number of hydrogen-bond acceptors (Lipinski definition) is 5. The molecule has 1 heterocycles. The van der Waals surface area contributed by atoms with Crippen LogP contribution in [0.1, 0.15) is 15.9 Å². The van der Waals surface area contributed by atoms with Crippen LogP contribution in [0.15, 0.2) is 71.6 Å². The average molecular weight is 424 g/mol. The highest BCUT2D eigenvalue weighted by Crippen LogP contribution is 2.32. The fourth-order valence-corrected chi connectivity index (χ4v) is 4.13. The molecule has 154 valence electrons. The van der Waals surface area contributed by atoms with Crippen LogP contribution in [-0.4, -0.2) is 27.5 Å². The van der Waals surface area contributed by atoms with E-state index >= 15 is 0 Å². The number of carbonyl (C=O) groups excluding carboxylic acids is 1. The molecule has 1 aliphatic rings. The number of benzene rings is 3. The van der Waals surface area contributed by atoms with Crippen molar-refractivity contribution in [1.29, 1.82) is 0 Å². The smallest absolute Gasteiger partial charge is 0.261 e. The molecule has 0 saturated carbocycles. The molecule has 1 aliphatic heterocycles. The molecule has 0 saturated heterocycles. The molecule has 0 atom stereocenters. The van der Waals surface area contributed by atoms with E-state index < -0.39 is 10.0 Å². The standard InChI is InChI=1S/C22H20N2O5S/c1-15-4-2-3-5-19(15)24-30(26,27)18-9-6-16(7-10-18)22(25)23-17-8-11-20-21(14-17)29-13-12-28-20/h2-11,14,24H,12-13H2,1H3,(H,23,25). The molecule has 30 heavy (non-hydrogen) atoms. The summed E-state index contributed by atoms with van der Waals surface area (Å²) in [4.78, 5) is 12.6. The Morgan fingerprint density at radius 2 is 1.60 bits per heavy atom. The lowest BCUT2D eigenvalue weighted by molar-refractivity contribution is 0.102. The second-order valence-corrected chi connectivity index (χ2v) is 8.44. The van der Waals surface area contributed by atoms with Crippen LogP contribution in [0.2, 0.25) is 0 Å². The number of aryl methyl sites for hydroxylation is 1. The quantitative estimate of drug-likeness (QED) is 0.649. The molecule has 3 aromatic rings. The lowest BCUT2D eigenvalue weighted by Crippen LogP contribution is -2.17. The van der Waals surface area contributed by atoms with Gasteiger partial charge in [0.2, 0.25) is 0 Å². The Morgan fingerprint density at radius 3 is 2.33 bits per heavy atom. The predicted molar refractivity (Wildman–Crippen MR) is 114 cm³/mol. The molecule has 8 heteroatoms. The number of rotatable bonds is 5. The largest absolute Gasteiger partial charge is 0.486 e. The van der Waals surface area contributed by atoms with Crippen LogP contribution in [-0.2, 0) is 10.0 Å². The van der Waals surface area contributed by atoms with Crippen LogP contribution in [0, 0.1) is 6.92 Å². The minimum Gasteiger partial charge on any atom is -0.486 e. The molecular weight excluding hydrogens is 404 g/mol. The highest BCUT2D eigenvalue weighted by atomic mass is 32.2. The van der Waals surface area contributed by atoms with Crippen molar-refractivity contribution in [2.24, 2.45) is 0 Å². The number of carbonyl (C=O) groups is 1. The van der Waals surface area contributed by atoms with Gasteiger partial charge in [-0.1, -0.05) is 18.2 Å². The van der Waals surface area contributed by atoms with Crippen LogP contribution in [0.5, 0.6) is 11.5 Å². The molecule has 1 amide bonds. The van der Waals surface area contributed by atoms with Gasteiger partial charge in [0, 0.05) is 17.3 Å². The van der Waals surface area contributed by atoms with Gasteiger partial charge in [0.15, 0.2) is 11.5 Å². The fraction of sp³-hybridized carbons (Fsp3) is 0.136. The molecule has 4 rings (SSSR count). The SMILES string of the molecule is Cc1ccccc1NS(=O)(=O)c1ccc(C(=O)Nc2ccc3c(c2)OCCO3)cc1. The summed E-state index contributed by atoms with van der Waals surface area (Å²) < 4.78 is 38.8. The van der Waals surface area contributed by atoms with Gasteiger partial charge in [-0.05, 0) is 55.0 Å². The van der Waals surface area contributed by atoms with Crippen LogP contribution in [0.25, 0.3) is 0 Å². The second kappa shape index (κ2) is 8.08. The van der Waals surface area contributed by atoms with Gasteiger partial charge in [-0.2, -0.15) is 0 Å². The first-order valence-electron chi connectivity index (χ1n) is 9.32. The monoisotopic (exact) mass is 424 g/mol. The Kier molecular flexibility index (Phi) is 5.33. The summed E-state index contributed by atoms with van der Waals surface area (Å²) in [5, 5.41) is 2.77. The van der Waals surface area contributed by atoms with Crippen LogP contribution in [0.3, 0.4) is 0 Å². The molecule has 0 bridgehead atoms. The number of fused-ring (bicyclic) bond motifs is 1. The second-order valence-electron chi connectivity index (χ2n) is 6.76. The van der Waals surface area contributed by atoms with Gasteiger partial charge < -0.3 is 14.8 Å². The lowest BCUT2D eigenvalue weighted by atomic mass is 10.2. The number of hydrogen-bond donors (Lipinski definition) is 2. The first-order valence-corrected chi connectivity index (χ1v) is 10.8. The minimum atomic E-state index is -3.76. The Labute approximate surface area is 174 Å². The summed E-state index contributed by atoms with van der Waals surface area (Å²) in [5.74, 6) is 0.847. The van der Waals surface area contributed by atoms with E-state index in [0.29, 0.717) is 41.7 Å². The summed E-state index contributed by atoms with van der Waals surface area (Å²) in [6.07, 6.45) is 0. The first-order chi connectivity index (χ1) is 14.4. The average Bonchev–Trinajstić information content (AvgIpc) is 2.75. The van der Waals surface area contributed by atoms with Crippen molar-refractivity contribution < 1.29 is 22.7 Å². The molecule has 0 fully saturated rings. The Bertz CT molecular complexity index is 1190. The van der Waals surface area contributed by atoms with E-state index in [1.807, 2.05) is 19.1 Å². The number of amides is 1. The molecule has 0 unspecified atom stereocenters. The Balaban J connectivity index is 1.47. The van der Waals surface area contributed by atoms with Gasteiger partial charge in [-0.25, -0.2) is 8.42 Å². The molecule has 0 radical (unpaired) electrons. The van der Waals surface area contributed by atoms with E-state index in [4.69, 9.17) is 9.47 Å². The highest BCUT2D eigenvalue weighted by Gasteiger charge is 2.17. The van der Waals surface area contributed by atoms with E-state index in [1.54, 1.807) is 30.3 Å². The van der Waals surface area contributed by atoms with Crippen molar-refractivity contribution in [3.05, 3.63) is 77.9 Å². The first kappa shape index (κ1) is 19.8. The predicted octanol–water partition coefficient (Wildman–Crippen LogP) is 3.82. The zero-order valence-electron chi connectivity index (χ0n) is 16.2. The van der Waals surface area contributed by atoms with Crippen LogP contribution >= 0.6 is 0 Å². The van der Waals surface area contributed by atoms with E-state index in [9.17, 15) is 13.2 Å². The van der Waals surface area contributed by atoms with Gasteiger partial charge in [-0.3, -0.25) is 9.52 Å². The Morgan fingerprint density at radius 1 is 0.900 bits per heavy atom. The van der Waals surface area contributed by atoms with E-state index in [0.717, 1.165) is 5.56 Å². The molecule has 0 aliphatic carbocycles. The van der Waals surface area contributed by atoms with Crippen molar-refractivity contribution in [2.75, 3.05) is 23.3 Å². The number of para-hydroxylation sites is 1. The third-order valence-electron chi connectivity index (χ3n) is 4.62. The van der Waals surface area contributed by atoms with Crippen LogP contribution < -0.4 is 19.5 Å². The van der Waals surface area contributed by atoms with Gasteiger partial charge >= 0.3 is 0 Å². The van der Waals surface area contributed by atoms with Gasteiger partial charge in [0.05, 0.1) is 10.6 Å². The zero-order valence-corrected chi connectivity index (χ0v) is 17.0. The van der Waals surface area contributed by atoms with Gasteiger partial charge in [0.1, 0.15) is 13.2 Å². The van der Waals surface area contributed by atoms with Crippen LogP contribution in [0.4, 0.5) is 11.4 Å². The number of nitrogens with one attached hydrogen (secondary N) is 2. The third kappa shape index (κ3) is 4.23. The molecule has 0 spiro atoms. The molecule has 7 nitrogen and oxygen atoms in total. The van der Waals surface area contributed by atoms with Crippen molar-refractivity contribution in [1.82, 2.24) is 0 Å². The van der Waals surface area contributed by atoms with E-state index in [-0.39, 0.29) is 10.8 Å². The summed E-state index contributed by atoms with van der Waals surface area (Å²) >= 11 is 0. The number of anilines is 2. The maximum absolute atomic E-state index is 12.6. The van der Waals surface area contributed by atoms with E-state index in [1.165, 1.54) is 24.3 Å². The maximum atomic E-state index is 12.6. The molecular formula is C22H20N2O5S. The molecule has 2 N–H and O–H groups in total. The number of ether oxygens (including phenoxy) is 2. The minimum absolute atomic E-state index is 0.0710. The third-order valence-corrected chi connectivity index (χ3v) is 6.00. The Hall–Kier alpha value is -3.52. The zero-order chi connectivity index (χ0) is 21.1. The fourth-order valence-electron chi connectivity index (χ4n) is 3.00. The maximum Gasteiger partial charge on any atom is 0.261 e. The van der Waals surface area contributed by atoms with Gasteiger partial charge in [0.25, 0.3) is 15.9 Å². The van der Waals surface area contributed by atoms with Crippen molar-refractivity contribution in [2.45, 2.75) is 11.8 Å². The van der Waals surface area contributed by atoms with E-state index in [2.05, 4.69) is 10.0 Å². The summed E-state index contributed by atoms with van der Waals surface area (Å²) in [7, 11) is -3.76. The normalized spacial score (nSPS) is 12.8. The summed E-state index contributed by atoms with van der Waals surface area (Å²) in [5.41, 5.74) is 2.22. The van der Waals surface area contributed by atoms with Crippen molar-refractivity contribution in [3.63, 3.8) is 0 Å². The topological polar surface area (TPSA) is 93.7 Å². The molecule has 0 aromatic heterocycles. The van der Waals surface area contributed by atoms with Crippen molar-refractivity contribution in [3.8, 4) is 11.5 Å². The summed E-state index contributed by atoms with van der Waals surface area (Å²) in [6, 6.07) is 18.0. The molecule has 3 aromatic carbocycles. The highest BCUT2D eigenvalue weighted by molar-refractivity contribution is 7.92. The van der Waals surface area contributed by atoms with Gasteiger partial charge in [-0.15, -0.1) is 0 Å². The number of sulfonamides is 1. The summed E-state index contributed by atoms with van der Waals surface area (Å²) in [6.45, 7) is 2.77. The van der Waals surface area contributed by atoms with Crippen molar-refractivity contribution >= 4 is 27.3 Å². The lowest BCUT2D eigenvalue weighted by Gasteiger charge is -2.19.